The van der Waals surface area contributed by atoms with Crippen LogP contribution in [0.25, 0.3) is 0 Å². The maximum atomic E-state index is 12.8. The Morgan fingerprint density at radius 1 is 1.48 bits per heavy atom. The van der Waals surface area contributed by atoms with Crippen molar-refractivity contribution in [2.45, 2.75) is 39.8 Å². The highest BCUT2D eigenvalue weighted by Crippen LogP contribution is 2.20. The number of hydrogen-bond acceptors (Lipinski definition) is 3. The average molecular weight is 323 g/mol. The first kappa shape index (κ1) is 17.8. The maximum absolute atomic E-state index is 12.8. The van der Waals surface area contributed by atoms with Gasteiger partial charge in [0.15, 0.2) is 0 Å². The van der Waals surface area contributed by atoms with Crippen LogP contribution in [0.5, 0.6) is 0 Å². The number of carbonyl (C=O) groups excluding carboxylic acids is 1. The molecule has 8 heteroatoms. The third-order valence-corrected chi connectivity index (χ3v) is 3.81. The van der Waals surface area contributed by atoms with Gasteiger partial charge in [-0.1, -0.05) is 0 Å². The van der Waals surface area contributed by atoms with E-state index in [0.29, 0.717) is 28.2 Å². The Bertz CT molecular complexity index is 507. The van der Waals surface area contributed by atoms with Gasteiger partial charge >= 0.3 is 6.55 Å². The van der Waals surface area contributed by atoms with E-state index in [-0.39, 0.29) is 30.8 Å². The Kier molecular flexibility index (Phi) is 6.10. The van der Waals surface area contributed by atoms with E-state index in [1.165, 1.54) is 0 Å². The molecule has 1 aromatic rings. The van der Waals surface area contributed by atoms with Crippen LogP contribution in [0.1, 0.15) is 30.4 Å². The summed E-state index contributed by atoms with van der Waals surface area (Å²) in [4.78, 5) is 14.1. The molecule has 1 fully saturated rings. The number of rotatable bonds is 3. The Morgan fingerprint density at radius 3 is 2.67 bits per heavy atom. The highest BCUT2D eigenvalue weighted by molar-refractivity contribution is 5.85. The summed E-state index contributed by atoms with van der Waals surface area (Å²) in [7, 11) is 0. The molecule has 1 aromatic heterocycles. The molecule has 0 saturated carbocycles. The van der Waals surface area contributed by atoms with Gasteiger partial charge in [-0.05, 0) is 20.8 Å². The maximum Gasteiger partial charge on any atom is 0.333 e. The summed E-state index contributed by atoms with van der Waals surface area (Å²) < 4.78 is 26.2. The Hall–Kier alpha value is -1.21. The highest BCUT2D eigenvalue weighted by Gasteiger charge is 2.25. The van der Waals surface area contributed by atoms with Gasteiger partial charge in [0, 0.05) is 36.9 Å². The molecule has 1 amide bonds. The zero-order valence-electron chi connectivity index (χ0n) is 12.4. The molecule has 2 heterocycles. The van der Waals surface area contributed by atoms with Crippen LogP contribution in [0, 0.1) is 13.8 Å². The third kappa shape index (κ3) is 3.71. The highest BCUT2D eigenvalue weighted by atomic mass is 35.5. The Balaban J connectivity index is 0.00000220. The molecule has 21 heavy (non-hydrogen) atoms. The van der Waals surface area contributed by atoms with Crippen LogP contribution in [-0.2, 0) is 11.2 Å². The summed E-state index contributed by atoms with van der Waals surface area (Å²) in [6.07, 6.45) is 0.134. The quantitative estimate of drug-likeness (QED) is 0.921. The fourth-order valence-electron chi connectivity index (χ4n) is 2.61. The molecule has 1 atom stereocenters. The second-order valence-electron chi connectivity index (χ2n) is 5.19. The average Bonchev–Trinajstić information content (AvgIpc) is 2.67. The topological polar surface area (TPSA) is 50.2 Å². The molecular formula is C13H21ClF2N4O. The molecule has 0 aliphatic carbocycles. The molecule has 1 aliphatic rings. The molecule has 0 spiro atoms. The molecule has 0 unspecified atom stereocenters. The largest absolute Gasteiger partial charge is 0.337 e. The second-order valence-corrected chi connectivity index (χ2v) is 5.19. The van der Waals surface area contributed by atoms with Crippen LogP contribution in [0.3, 0.4) is 0 Å². The molecule has 120 valence electrons. The number of halogens is 3. The van der Waals surface area contributed by atoms with Gasteiger partial charge in [-0.15, -0.1) is 12.4 Å². The van der Waals surface area contributed by atoms with Gasteiger partial charge in [0.05, 0.1) is 12.1 Å². The van der Waals surface area contributed by atoms with Crippen molar-refractivity contribution < 1.29 is 13.6 Å². The molecule has 2 rings (SSSR count). The summed E-state index contributed by atoms with van der Waals surface area (Å²) >= 11 is 0. The number of nitrogens with one attached hydrogen (secondary N) is 1. The number of alkyl halides is 2. The van der Waals surface area contributed by atoms with E-state index in [2.05, 4.69) is 10.4 Å². The number of nitrogens with zero attached hydrogens (tertiary/aromatic N) is 3. The van der Waals surface area contributed by atoms with Crippen LogP contribution in [0.4, 0.5) is 8.78 Å². The van der Waals surface area contributed by atoms with E-state index in [1.807, 2.05) is 6.92 Å². The van der Waals surface area contributed by atoms with E-state index in [1.54, 1.807) is 18.7 Å². The third-order valence-electron chi connectivity index (χ3n) is 3.81. The molecule has 0 bridgehead atoms. The first-order valence-corrected chi connectivity index (χ1v) is 6.74. The van der Waals surface area contributed by atoms with Crippen LogP contribution < -0.4 is 5.32 Å². The van der Waals surface area contributed by atoms with Gasteiger partial charge < -0.3 is 10.2 Å². The van der Waals surface area contributed by atoms with Crippen molar-refractivity contribution in [3.8, 4) is 0 Å². The minimum atomic E-state index is -2.67. The summed E-state index contributed by atoms with van der Waals surface area (Å²) in [5, 5.41) is 7.03. The summed E-state index contributed by atoms with van der Waals surface area (Å²) in [5.74, 6) is -0.0287. The number of carbonyl (C=O) groups is 1. The standard InChI is InChI=1S/C13H20F2N4O.ClH/c1-8-7-16-4-5-18(8)12(20)6-11-9(2)17-19(10(11)3)13(14)15;/h8,13,16H,4-7H2,1-3H3;1H/t8-;/m0./s1. The lowest BCUT2D eigenvalue weighted by atomic mass is 10.1. The SMILES string of the molecule is Cc1nn(C(F)F)c(C)c1CC(=O)N1CCNC[C@@H]1C.Cl. The number of aryl methyl sites for hydroxylation is 1. The van der Waals surface area contributed by atoms with Crippen LogP contribution in [-0.4, -0.2) is 46.3 Å². The first-order chi connectivity index (χ1) is 9.41. The van der Waals surface area contributed by atoms with Crippen molar-refractivity contribution in [3.05, 3.63) is 17.0 Å². The minimum Gasteiger partial charge on any atom is -0.337 e. The van der Waals surface area contributed by atoms with Gasteiger partial charge in [-0.25, -0.2) is 4.68 Å². The smallest absolute Gasteiger partial charge is 0.333 e. The zero-order valence-corrected chi connectivity index (χ0v) is 13.2. The van der Waals surface area contributed by atoms with Crippen LogP contribution in [0.15, 0.2) is 0 Å². The van der Waals surface area contributed by atoms with E-state index in [9.17, 15) is 13.6 Å². The monoisotopic (exact) mass is 322 g/mol. The van der Waals surface area contributed by atoms with E-state index < -0.39 is 6.55 Å². The minimum absolute atomic E-state index is 0. The molecule has 5 nitrogen and oxygen atoms in total. The second kappa shape index (κ2) is 7.17. The molecule has 0 aromatic carbocycles. The van der Waals surface area contributed by atoms with E-state index in [4.69, 9.17) is 0 Å². The molecule has 1 N–H and O–H groups in total. The summed E-state index contributed by atoms with van der Waals surface area (Å²) in [6, 6.07) is 0.127. The Labute approximate surface area is 129 Å². The van der Waals surface area contributed by atoms with Gasteiger partial charge in [-0.3, -0.25) is 4.79 Å². The number of amides is 1. The predicted molar refractivity (Wildman–Crippen MR) is 78.0 cm³/mol. The van der Waals surface area contributed by atoms with Crippen molar-refractivity contribution in [2.24, 2.45) is 0 Å². The number of aromatic nitrogens is 2. The first-order valence-electron chi connectivity index (χ1n) is 6.74. The van der Waals surface area contributed by atoms with Gasteiger partial charge in [0.2, 0.25) is 5.91 Å². The van der Waals surface area contributed by atoms with Gasteiger partial charge in [0.25, 0.3) is 0 Å². The summed E-state index contributed by atoms with van der Waals surface area (Å²) in [6.45, 7) is 4.74. The molecule has 1 saturated heterocycles. The normalized spacial score (nSPS) is 18.8. The van der Waals surface area contributed by atoms with Crippen molar-refractivity contribution in [1.29, 1.82) is 0 Å². The van der Waals surface area contributed by atoms with E-state index in [0.717, 1.165) is 13.1 Å². The number of piperazine rings is 1. The van der Waals surface area contributed by atoms with Crippen molar-refractivity contribution in [2.75, 3.05) is 19.6 Å². The van der Waals surface area contributed by atoms with Crippen molar-refractivity contribution in [3.63, 3.8) is 0 Å². The fourth-order valence-corrected chi connectivity index (χ4v) is 2.61. The Morgan fingerprint density at radius 2 is 2.14 bits per heavy atom. The van der Waals surface area contributed by atoms with Crippen LogP contribution in [0.2, 0.25) is 0 Å². The molecular weight excluding hydrogens is 302 g/mol. The van der Waals surface area contributed by atoms with Crippen molar-refractivity contribution >= 4 is 18.3 Å². The number of hydrogen-bond donors (Lipinski definition) is 1. The molecule has 0 radical (unpaired) electrons. The van der Waals surface area contributed by atoms with E-state index >= 15 is 0 Å². The van der Waals surface area contributed by atoms with Crippen LogP contribution >= 0.6 is 12.4 Å². The van der Waals surface area contributed by atoms with Gasteiger partial charge in [0.1, 0.15) is 0 Å². The summed E-state index contributed by atoms with van der Waals surface area (Å²) in [5.41, 5.74) is 1.48. The van der Waals surface area contributed by atoms with Crippen molar-refractivity contribution in [1.82, 2.24) is 20.0 Å². The lowest BCUT2D eigenvalue weighted by Gasteiger charge is -2.34. The fraction of sp³-hybridized carbons (Fsp3) is 0.692. The lowest BCUT2D eigenvalue weighted by molar-refractivity contribution is -0.133. The van der Waals surface area contributed by atoms with Gasteiger partial charge in [-0.2, -0.15) is 13.9 Å². The molecule has 1 aliphatic heterocycles. The zero-order chi connectivity index (χ0) is 14.9. The lowest BCUT2D eigenvalue weighted by Crippen LogP contribution is -2.52. The predicted octanol–water partition coefficient (Wildman–Crippen LogP) is 1.68.